The van der Waals surface area contributed by atoms with E-state index in [1.165, 1.54) is 12.3 Å². The lowest BCUT2D eigenvalue weighted by Crippen LogP contribution is -2.47. The van der Waals surface area contributed by atoms with E-state index in [4.69, 9.17) is 4.74 Å². The first-order valence-electron chi connectivity index (χ1n) is 11.1. The summed E-state index contributed by atoms with van der Waals surface area (Å²) in [6.45, 7) is 2.92. The largest absolute Gasteiger partial charge is 0.495 e. The van der Waals surface area contributed by atoms with Crippen LogP contribution in [0.1, 0.15) is 15.9 Å². The lowest BCUT2D eigenvalue weighted by Gasteiger charge is -2.39. The van der Waals surface area contributed by atoms with Crippen molar-refractivity contribution in [2.45, 2.75) is 6.54 Å². The van der Waals surface area contributed by atoms with E-state index in [2.05, 4.69) is 4.90 Å². The third-order valence-electron chi connectivity index (χ3n) is 6.22. The van der Waals surface area contributed by atoms with E-state index in [1.807, 2.05) is 48.2 Å². The smallest absolute Gasteiger partial charge is 0.341 e. The summed E-state index contributed by atoms with van der Waals surface area (Å²) in [5.41, 5.74) is 1.63. The zero-order valence-corrected chi connectivity index (χ0v) is 19.8. The summed E-state index contributed by atoms with van der Waals surface area (Å²) >= 11 is 0. The molecule has 1 N–H and O–H groups in total. The van der Waals surface area contributed by atoms with E-state index in [1.54, 1.807) is 18.7 Å². The molecular weight excluding hydrogens is 439 g/mol. The van der Waals surface area contributed by atoms with Crippen LogP contribution in [-0.4, -0.2) is 67.9 Å². The molecule has 0 radical (unpaired) electrons. The predicted molar refractivity (Wildman–Crippen MR) is 131 cm³/mol. The Balaban J connectivity index is 1.78. The van der Waals surface area contributed by atoms with Crippen LogP contribution >= 0.6 is 0 Å². The highest BCUT2D eigenvalue weighted by Crippen LogP contribution is 2.34. The molecule has 1 aliphatic rings. The molecule has 34 heavy (non-hydrogen) atoms. The molecule has 3 aromatic rings. The highest BCUT2D eigenvalue weighted by Gasteiger charge is 2.27. The monoisotopic (exact) mass is 468 g/mol. The number of fused-ring (bicyclic) bond motifs is 1. The summed E-state index contributed by atoms with van der Waals surface area (Å²) in [4.78, 5) is 30.5. The predicted octanol–water partition coefficient (Wildman–Crippen LogP) is 2.77. The van der Waals surface area contributed by atoms with Gasteiger partial charge in [-0.2, -0.15) is 0 Å². The molecule has 9 heteroatoms. The van der Waals surface area contributed by atoms with Crippen molar-refractivity contribution in [3.05, 3.63) is 63.7 Å². The quantitative estimate of drug-likeness (QED) is 0.596. The maximum absolute atomic E-state index is 15.6. The number of halogens is 1. The van der Waals surface area contributed by atoms with Crippen molar-refractivity contribution in [3.8, 4) is 5.75 Å². The maximum Gasteiger partial charge on any atom is 0.341 e. The van der Waals surface area contributed by atoms with E-state index < -0.39 is 17.2 Å². The van der Waals surface area contributed by atoms with Crippen LogP contribution in [0.5, 0.6) is 5.75 Å². The Morgan fingerprint density at radius 3 is 2.41 bits per heavy atom. The van der Waals surface area contributed by atoms with Gasteiger partial charge in [0.15, 0.2) is 0 Å². The Morgan fingerprint density at radius 1 is 1.15 bits per heavy atom. The fourth-order valence-corrected chi connectivity index (χ4v) is 4.74. The van der Waals surface area contributed by atoms with Gasteiger partial charge in [0.05, 0.1) is 24.0 Å². The third-order valence-corrected chi connectivity index (χ3v) is 6.22. The maximum atomic E-state index is 15.6. The number of piperazine rings is 1. The molecule has 1 saturated heterocycles. The Labute approximate surface area is 197 Å². The Hall–Kier alpha value is -3.59. The minimum absolute atomic E-state index is 0.0770. The molecule has 0 amide bonds. The molecule has 1 fully saturated rings. The number of anilines is 2. The van der Waals surface area contributed by atoms with Gasteiger partial charge in [0.2, 0.25) is 5.43 Å². The molecule has 1 aromatic heterocycles. The molecular formula is C25H29FN4O4. The number of aryl methyl sites for hydroxylation is 1. The number of ether oxygens (including phenoxy) is 1. The van der Waals surface area contributed by atoms with Gasteiger partial charge in [0, 0.05) is 56.9 Å². The lowest BCUT2D eigenvalue weighted by molar-refractivity contribution is 0.0695. The second-order valence-electron chi connectivity index (χ2n) is 8.75. The second-order valence-corrected chi connectivity index (χ2v) is 8.75. The molecule has 180 valence electrons. The molecule has 0 atom stereocenters. The Bertz CT molecular complexity index is 1300. The van der Waals surface area contributed by atoms with E-state index in [-0.39, 0.29) is 10.9 Å². The number of hydrogen-bond acceptors (Lipinski definition) is 6. The number of carboxylic acids is 1. The van der Waals surface area contributed by atoms with Crippen molar-refractivity contribution in [2.24, 2.45) is 7.05 Å². The number of hydrogen-bond donors (Lipinski definition) is 1. The zero-order valence-electron chi connectivity index (χ0n) is 19.8. The topological polar surface area (TPSA) is 78.2 Å². The number of carbonyl (C=O) groups is 1. The summed E-state index contributed by atoms with van der Waals surface area (Å²) in [5.74, 6) is -1.05. The van der Waals surface area contributed by atoms with Crippen LogP contribution in [0, 0.1) is 5.82 Å². The molecule has 4 rings (SSSR count). The van der Waals surface area contributed by atoms with Gasteiger partial charge in [0.1, 0.15) is 17.1 Å². The number of pyridine rings is 1. The van der Waals surface area contributed by atoms with Crippen LogP contribution in [0.2, 0.25) is 0 Å². The molecule has 2 aromatic carbocycles. The van der Waals surface area contributed by atoms with Crippen LogP contribution in [-0.2, 0) is 13.6 Å². The van der Waals surface area contributed by atoms with E-state index in [9.17, 15) is 14.7 Å². The van der Waals surface area contributed by atoms with Crippen LogP contribution < -0.4 is 20.0 Å². The fourth-order valence-electron chi connectivity index (χ4n) is 4.74. The van der Waals surface area contributed by atoms with Gasteiger partial charge in [0.25, 0.3) is 0 Å². The van der Waals surface area contributed by atoms with Gasteiger partial charge >= 0.3 is 5.97 Å². The van der Waals surface area contributed by atoms with Crippen LogP contribution in [0.15, 0.2) is 41.3 Å². The normalized spacial score (nSPS) is 14.2. The molecule has 0 bridgehead atoms. The van der Waals surface area contributed by atoms with Gasteiger partial charge in [-0.25, -0.2) is 9.18 Å². The van der Waals surface area contributed by atoms with Crippen molar-refractivity contribution in [1.29, 1.82) is 0 Å². The molecule has 0 unspecified atom stereocenters. The van der Waals surface area contributed by atoms with Crippen LogP contribution in [0.3, 0.4) is 0 Å². The number of aromatic carboxylic acids is 1. The molecule has 0 aliphatic carbocycles. The van der Waals surface area contributed by atoms with Crippen molar-refractivity contribution >= 4 is 28.2 Å². The summed E-state index contributed by atoms with van der Waals surface area (Å²) in [6, 6.07) is 9.01. The first-order valence-corrected chi connectivity index (χ1v) is 11.1. The van der Waals surface area contributed by atoms with Gasteiger partial charge < -0.3 is 29.1 Å². The van der Waals surface area contributed by atoms with Crippen molar-refractivity contribution < 1.29 is 19.0 Å². The summed E-state index contributed by atoms with van der Waals surface area (Å²) < 4.78 is 22.7. The number of rotatable bonds is 6. The van der Waals surface area contributed by atoms with E-state index in [0.717, 1.165) is 11.4 Å². The number of para-hydroxylation sites is 2. The molecule has 0 saturated carbocycles. The minimum Gasteiger partial charge on any atom is -0.495 e. The number of carboxylic acid groups (broad SMARTS) is 1. The highest BCUT2D eigenvalue weighted by atomic mass is 19.1. The number of aromatic nitrogens is 1. The Morgan fingerprint density at radius 2 is 1.79 bits per heavy atom. The standard InChI is InChI=1S/C25H29FN4O4/c1-27(2)14-17-22-16(24(31)18(25(32)33)15-28(22)3)13-19(26)23(17)30-11-9-29(10-12-30)20-7-5-6-8-21(20)34-4/h5-8,13,15H,9-12,14H2,1-4H3,(H,32,33). The Kier molecular flexibility index (Phi) is 6.47. The molecule has 1 aliphatic heterocycles. The van der Waals surface area contributed by atoms with Crippen molar-refractivity contribution in [2.75, 3.05) is 57.2 Å². The summed E-state index contributed by atoms with van der Waals surface area (Å²) in [6.07, 6.45) is 1.31. The van der Waals surface area contributed by atoms with E-state index >= 15 is 4.39 Å². The van der Waals surface area contributed by atoms with Crippen molar-refractivity contribution in [3.63, 3.8) is 0 Å². The number of benzene rings is 2. The summed E-state index contributed by atoms with van der Waals surface area (Å²) in [7, 11) is 7.09. The van der Waals surface area contributed by atoms with Gasteiger partial charge in [-0.05, 0) is 32.3 Å². The first-order chi connectivity index (χ1) is 16.2. The third kappa shape index (κ3) is 4.19. The highest BCUT2D eigenvalue weighted by molar-refractivity contribution is 5.95. The van der Waals surface area contributed by atoms with Crippen molar-refractivity contribution in [1.82, 2.24) is 9.47 Å². The zero-order chi connectivity index (χ0) is 24.6. The SMILES string of the molecule is COc1ccccc1N1CCN(c2c(F)cc3c(=O)c(C(=O)O)cn(C)c3c2CN(C)C)CC1. The number of nitrogens with zero attached hydrogens (tertiary/aromatic N) is 4. The number of methoxy groups -OCH3 is 1. The average molecular weight is 469 g/mol. The van der Waals surface area contributed by atoms with Gasteiger partial charge in [-0.15, -0.1) is 0 Å². The van der Waals surface area contributed by atoms with Gasteiger partial charge in [-0.1, -0.05) is 12.1 Å². The lowest BCUT2D eigenvalue weighted by atomic mass is 10.0. The van der Waals surface area contributed by atoms with E-state index in [0.29, 0.717) is 49.5 Å². The first kappa shape index (κ1) is 23.6. The van der Waals surface area contributed by atoms with Crippen LogP contribution in [0.4, 0.5) is 15.8 Å². The molecule has 0 spiro atoms. The van der Waals surface area contributed by atoms with Crippen LogP contribution in [0.25, 0.3) is 10.9 Å². The van der Waals surface area contributed by atoms with Gasteiger partial charge in [-0.3, -0.25) is 4.79 Å². The second kappa shape index (κ2) is 9.34. The minimum atomic E-state index is -1.33. The molecule has 8 nitrogen and oxygen atoms in total. The molecule has 2 heterocycles. The summed E-state index contributed by atoms with van der Waals surface area (Å²) in [5, 5.41) is 9.49. The average Bonchev–Trinajstić information content (AvgIpc) is 2.81. The fraction of sp³-hybridized carbons (Fsp3) is 0.360.